The normalized spacial score (nSPS) is 11.2. The Morgan fingerprint density at radius 3 is 2.88 bits per heavy atom. The van der Waals surface area contributed by atoms with Gasteiger partial charge in [0.25, 0.3) is 0 Å². The molecule has 86 valence electrons. The quantitative estimate of drug-likeness (QED) is 0.457. The molecule has 0 saturated heterocycles. The smallest absolute Gasteiger partial charge is 0.150 e. The highest BCUT2D eigenvalue weighted by Gasteiger charge is 2.14. The monoisotopic (exact) mass is 230 g/mol. The van der Waals surface area contributed by atoms with Gasteiger partial charge in [0.1, 0.15) is 24.8 Å². The first-order chi connectivity index (χ1) is 8.36. The van der Waals surface area contributed by atoms with Gasteiger partial charge in [-0.15, -0.1) is 0 Å². The highest BCUT2D eigenvalue weighted by atomic mass is 16.6. The minimum atomic E-state index is 0.462. The molecule has 0 bridgehead atoms. The van der Waals surface area contributed by atoms with Gasteiger partial charge in [-0.25, -0.2) is 0 Å². The second-order valence-corrected chi connectivity index (χ2v) is 3.21. The van der Waals surface area contributed by atoms with Gasteiger partial charge < -0.3 is 9.36 Å². The zero-order valence-electron chi connectivity index (χ0n) is 9.16. The van der Waals surface area contributed by atoms with Crippen LogP contribution in [0.2, 0.25) is 0 Å². The first-order valence-corrected chi connectivity index (χ1v) is 4.93. The van der Waals surface area contributed by atoms with Crippen LogP contribution in [0.15, 0.2) is 46.3 Å². The standard InChI is InChI=1S/C12H10N2O3/c1-16-14-12(11-6-7-17-13-11)10-5-3-2-4-9(10)8-15/h2-8H,1H3/b14-12+. The van der Waals surface area contributed by atoms with Crippen LogP contribution in [0.5, 0.6) is 0 Å². The number of carbonyl (C=O) groups excluding carboxylic acids is 1. The van der Waals surface area contributed by atoms with Crippen molar-refractivity contribution in [3.05, 3.63) is 53.4 Å². The predicted octanol–water partition coefficient (Wildman–Crippen LogP) is 1.89. The van der Waals surface area contributed by atoms with Gasteiger partial charge in [-0.1, -0.05) is 34.6 Å². The van der Waals surface area contributed by atoms with Crippen molar-refractivity contribution >= 4 is 12.0 Å². The largest absolute Gasteiger partial charge is 0.399 e. The number of hydrogen-bond donors (Lipinski definition) is 0. The van der Waals surface area contributed by atoms with E-state index in [2.05, 4.69) is 10.3 Å². The van der Waals surface area contributed by atoms with Gasteiger partial charge in [0.05, 0.1) is 0 Å². The van der Waals surface area contributed by atoms with Crippen molar-refractivity contribution in [2.45, 2.75) is 0 Å². The van der Waals surface area contributed by atoms with Gasteiger partial charge in [-0.2, -0.15) is 0 Å². The molecule has 1 heterocycles. The van der Waals surface area contributed by atoms with E-state index >= 15 is 0 Å². The lowest BCUT2D eigenvalue weighted by Gasteiger charge is -2.04. The van der Waals surface area contributed by atoms with E-state index in [-0.39, 0.29) is 0 Å². The van der Waals surface area contributed by atoms with E-state index < -0.39 is 0 Å². The SMILES string of the molecule is CO/N=C(/c1ccon1)c1ccccc1C=O. The van der Waals surface area contributed by atoms with Crippen molar-refractivity contribution < 1.29 is 14.2 Å². The molecule has 0 radical (unpaired) electrons. The molecule has 0 aliphatic carbocycles. The summed E-state index contributed by atoms with van der Waals surface area (Å²) in [7, 11) is 1.43. The van der Waals surface area contributed by atoms with Crippen LogP contribution in [0.3, 0.4) is 0 Å². The molecule has 5 nitrogen and oxygen atoms in total. The van der Waals surface area contributed by atoms with Gasteiger partial charge in [0.15, 0.2) is 6.29 Å². The Morgan fingerprint density at radius 2 is 2.24 bits per heavy atom. The molecule has 0 saturated carbocycles. The van der Waals surface area contributed by atoms with Gasteiger partial charge >= 0.3 is 0 Å². The summed E-state index contributed by atoms with van der Waals surface area (Å²) in [5, 5.41) is 7.67. The fourth-order valence-electron chi connectivity index (χ4n) is 1.48. The zero-order valence-corrected chi connectivity index (χ0v) is 9.16. The maximum atomic E-state index is 11.0. The molecule has 1 aromatic carbocycles. The van der Waals surface area contributed by atoms with E-state index in [1.165, 1.54) is 13.4 Å². The molecule has 2 aromatic rings. The maximum Gasteiger partial charge on any atom is 0.150 e. The summed E-state index contributed by atoms with van der Waals surface area (Å²) in [6, 6.07) is 8.72. The maximum absolute atomic E-state index is 11.0. The minimum Gasteiger partial charge on any atom is -0.399 e. The second-order valence-electron chi connectivity index (χ2n) is 3.21. The van der Waals surface area contributed by atoms with Crippen LogP contribution in [0.25, 0.3) is 0 Å². The molecule has 17 heavy (non-hydrogen) atoms. The molecule has 0 atom stereocenters. The first-order valence-electron chi connectivity index (χ1n) is 4.93. The van der Waals surface area contributed by atoms with Gasteiger partial charge in [-0.3, -0.25) is 4.79 Å². The van der Waals surface area contributed by atoms with Crippen molar-refractivity contribution in [1.29, 1.82) is 0 Å². The lowest BCUT2D eigenvalue weighted by molar-refractivity contribution is 0.112. The highest BCUT2D eigenvalue weighted by molar-refractivity contribution is 6.14. The highest BCUT2D eigenvalue weighted by Crippen LogP contribution is 2.13. The summed E-state index contributed by atoms with van der Waals surface area (Å²) in [5.74, 6) is 0. The molecule has 2 rings (SSSR count). The van der Waals surface area contributed by atoms with E-state index in [0.717, 1.165) is 6.29 Å². The van der Waals surface area contributed by atoms with Crippen LogP contribution in [0.1, 0.15) is 21.6 Å². The van der Waals surface area contributed by atoms with E-state index in [1.807, 2.05) is 6.07 Å². The number of aldehydes is 1. The van der Waals surface area contributed by atoms with Crippen LogP contribution in [-0.2, 0) is 4.84 Å². The Hall–Kier alpha value is -2.43. The average molecular weight is 230 g/mol. The number of carbonyl (C=O) groups is 1. The number of benzene rings is 1. The van der Waals surface area contributed by atoms with E-state index in [1.54, 1.807) is 24.3 Å². The van der Waals surface area contributed by atoms with Crippen LogP contribution in [0.4, 0.5) is 0 Å². The topological polar surface area (TPSA) is 64.7 Å². The number of hydrogen-bond acceptors (Lipinski definition) is 5. The predicted molar refractivity (Wildman–Crippen MR) is 61.0 cm³/mol. The van der Waals surface area contributed by atoms with E-state index in [9.17, 15) is 4.79 Å². The number of oxime groups is 1. The van der Waals surface area contributed by atoms with Gasteiger partial charge in [0.2, 0.25) is 0 Å². The lowest BCUT2D eigenvalue weighted by atomic mass is 10.0. The molecular formula is C12H10N2O3. The van der Waals surface area contributed by atoms with Crippen molar-refractivity contribution in [2.24, 2.45) is 5.16 Å². The molecule has 0 spiro atoms. The number of aromatic nitrogens is 1. The number of rotatable bonds is 4. The summed E-state index contributed by atoms with van der Waals surface area (Å²) >= 11 is 0. The lowest BCUT2D eigenvalue weighted by Crippen LogP contribution is -2.07. The van der Waals surface area contributed by atoms with E-state index in [4.69, 9.17) is 9.36 Å². The van der Waals surface area contributed by atoms with Crippen LogP contribution in [-0.4, -0.2) is 24.3 Å². The molecule has 0 fully saturated rings. The van der Waals surface area contributed by atoms with Crippen molar-refractivity contribution in [1.82, 2.24) is 5.16 Å². The van der Waals surface area contributed by atoms with Crippen LogP contribution in [0, 0.1) is 0 Å². The van der Waals surface area contributed by atoms with Crippen molar-refractivity contribution in [3.8, 4) is 0 Å². The average Bonchev–Trinajstić information content (AvgIpc) is 2.89. The third kappa shape index (κ3) is 2.23. The Labute approximate surface area is 97.7 Å². The Balaban J connectivity index is 2.54. The van der Waals surface area contributed by atoms with Crippen LogP contribution < -0.4 is 0 Å². The Bertz CT molecular complexity index is 532. The molecule has 1 aromatic heterocycles. The summed E-state index contributed by atoms with van der Waals surface area (Å²) in [6.07, 6.45) is 2.20. The van der Waals surface area contributed by atoms with Crippen molar-refractivity contribution in [2.75, 3.05) is 7.11 Å². The second kappa shape index (κ2) is 5.07. The van der Waals surface area contributed by atoms with Crippen LogP contribution >= 0.6 is 0 Å². The third-order valence-electron chi connectivity index (χ3n) is 2.21. The summed E-state index contributed by atoms with van der Waals surface area (Å²) in [4.78, 5) is 15.7. The van der Waals surface area contributed by atoms with Gasteiger partial charge in [0, 0.05) is 17.2 Å². The molecule has 0 amide bonds. The summed E-state index contributed by atoms with van der Waals surface area (Å²) < 4.78 is 4.76. The number of nitrogens with zero attached hydrogens (tertiary/aromatic N) is 2. The van der Waals surface area contributed by atoms with Gasteiger partial charge in [-0.05, 0) is 0 Å². The fraction of sp³-hybridized carbons (Fsp3) is 0.0833. The summed E-state index contributed by atoms with van der Waals surface area (Å²) in [5.41, 5.74) is 2.15. The molecule has 0 aliphatic heterocycles. The molecule has 5 heteroatoms. The molecule has 0 N–H and O–H groups in total. The summed E-state index contributed by atoms with van der Waals surface area (Å²) in [6.45, 7) is 0. The minimum absolute atomic E-state index is 0.462. The van der Waals surface area contributed by atoms with E-state index in [0.29, 0.717) is 22.5 Å². The first kappa shape index (κ1) is 11.1. The molecular weight excluding hydrogens is 220 g/mol. The Morgan fingerprint density at radius 1 is 1.41 bits per heavy atom. The zero-order chi connectivity index (χ0) is 12.1. The third-order valence-corrected chi connectivity index (χ3v) is 2.21. The molecule has 0 aliphatic rings. The van der Waals surface area contributed by atoms with Crippen molar-refractivity contribution in [3.63, 3.8) is 0 Å². The Kier molecular flexibility index (Phi) is 3.30. The molecule has 0 unspecified atom stereocenters. The fourth-order valence-corrected chi connectivity index (χ4v) is 1.48.